The minimum absolute atomic E-state index is 0.320. The third-order valence-electron chi connectivity index (χ3n) is 7.44. The van der Waals surface area contributed by atoms with E-state index < -0.39 is 33.6 Å². The van der Waals surface area contributed by atoms with Crippen molar-refractivity contribution in [1.82, 2.24) is 9.62 Å². The molecule has 1 saturated heterocycles. The molecule has 5 nitrogen and oxygen atoms in total. The van der Waals surface area contributed by atoms with E-state index in [4.69, 9.17) is 0 Å². The number of benzene rings is 3. The Morgan fingerprint density at radius 1 is 0.950 bits per heavy atom. The molecule has 1 heterocycles. The summed E-state index contributed by atoms with van der Waals surface area (Å²) >= 11 is 0. The lowest BCUT2D eigenvalue weighted by molar-refractivity contribution is -0.137. The van der Waals surface area contributed by atoms with Crippen LogP contribution in [0.2, 0.25) is 0 Å². The van der Waals surface area contributed by atoms with E-state index in [0.717, 1.165) is 55.4 Å². The molecule has 1 amide bonds. The van der Waals surface area contributed by atoms with Gasteiger partial charge in [-0.25, -0.2) is 12.8 Å². The van der Waals surface area contributed by atoms with Crippen LogP contribution >= 0.6 is 0 Å². The van der Waals surface area contributed by atoms with Gasteiger partial charge < -0.3 is 0 Å². The highest BCUT2D eigenvalue weighted by Gasteiger charge is 2.32. The van der Waals surface area contributed by atoms with Crippen molar-refractivity contribution in [3.05, 3.63) is 94.8 Å². The minimum Gasteiger partial charge on any atom is -0.292 e. The molecule has 0 aromatic heterocycles. The second-order valence-electron chi connectivity index (χ2n) is 10.6. The third kappa shape index (κ3) is 7.09. The van der Waals surface area contributed by atoms with Gasteiger partial charge in [0.05, 0.1) is 23.8 Å². The lowest BCUT2D eigenvalue weighted by atomic mass is 9.85. The summed E-state index contributed by atoms with van der Waals surface area (Å²) in [5.41, 5.74) is 2.47. The van der Waals surface area contributed by atoms with Gasteiger partial charge in [-0.3, -0.25) is 14.4 Å². The quantitative estimate of drug-likeness (QED) is 0.326. The summed E-state index contributed by atoms with van der Waals surface area (Å²) in [4.78, 5) is 14.9. The molecule has 0 radical (unpaired) electrons. The number of likely N-dealkylation sites (tertiary alicyclic amines) is 1. The molecule has 3 aromatic rings. The highest BCUT2D eigenvalue weighted by molar-refractivity contribution is 7.89. The molecular formula is C30H32F4N2O3S. The predicted molar refractivity (Wildman–Crippen MR) is 146 cm³/mol. The minimum atomic E-state index is -4.50. The lowest BCUT2D eigenvalue weighted by Gasteiger charge is -2.38. The number of hydrogen-bond acceptors (Lipinski definition) is 4. The number of piperidine rings is 1. The molecule has 4 rings (SSSR count). The van der Waals surface area contributed by atoms with E-state index in [1.165, 1.54) is 24.3 Å². The van der Waals surface area contributed by atoms with Crippen molar-refractivity contribution in [1.29, 1.82) is 0 Å². The van der Waals surface area contributed by atoms with Gasteiger partial charge in [-0.1, -0.05) is 49.4 Å². The summed E-state index contributed by atoms with van der Waals surface area (Å²) in [5, 5.41) is 0. The van der Waals surface area contributed by atoms with Crippen LogP contribution in [0.4, 0.5) is 17.6 Å². The lowest BCUT2D eigenvalue weighted by Crippen LogP contribution is -2.37. The fraction of sp³-hybridized carbons (Fsp3) is 0.367. The second-order valence-corrected chi connectivity index (χ2v) is 12.3. The number of nitrogens with one attached hydrogen (secondary N) is 1. The highest BCUT2D eigenvalue weighted by Crippen LogP contribution is 2.40. The van der Waals surface area contributed by atoms with E-state index in [-0.39, 0.29) is 11.9 Å². The number of amides is 1. The first-order chi connectivity index (χ1) is 18.7. The predicted octanol–water partition coefficient (Wildman–Crippen LogP) is 6.51. The van der Waals surface area contributed by atoms with Crippen molar-refractivity contribution >= 4 is 15.9 Å². The molecule has 3 aromatic carbocycles. The molecular weight excluding hydrogens is 544 g/mol. The number of rotatable bonds is 7. The van der Waals surface area contributed by atoms with Crippen LogP contribution in [0.15, 0.2) is 66.7 Å². The molecule has 40 heavy (non-hydrogen) atoms. The number of hydrogen-bond donors (Lipinski definition) is 1. The second kappa shape index (κ2) is 11.7. The normalized spacial score (nSPS) is 16.9. The highest BCUT2D eigenvalue weighted by atomic mass is 32.2. The van der Waals surface area contributed by atoms with Crippen LogP contribution in [-0.4, -0.2) is 38.6 Å². The number of sulfonamides is 1. The summed E-state index contributed by atoms with van der Waals surface area (Å²) in [6.45, 7) is 5.32. The van der Waals surface area contributed by atoms with E-state index in [9.17, 15) is 30.8 Å². The molecule has 0 spiro atoms. The van der Waals surface area contributed by atoms with Crippen LogP contribution in [-0.2, 0) is 21.0 Å². The van der Waals surface area contributed by atoms with Crippen molar-refractivity contribution in [3.8, 4) is 11.1 Å². The molecule has 0 bridgehead atoms. The van der Waals surface area contributed by atoms with E-state index in [0.29, 0.717) is 22.6 Å². The maximum Gasteiger partial charge on any atom is 0.416 e. The Hall–Kier alpha value is -3.24. The van der Waals surface area contributed by atoms with Crippen molar-refractivity contribution < 1.29 is 30.8 Å². The third-order valence-corrected chi connectivity index (χ3v) is 8.02. The SMILES string of the molecule is CC1CCN(C(c2ccc(F)cc2)c2ccc(C(C)C(=O)NS(C)(=O)=O)cc2-c2ccc(C(F)(F)F)cc2)CC1. The largest absolute Gasteiger partial charge is 0.416 e. The average Bonchev–Trinajstić information content (AvgIpc) is 2.89. The Morgan fingerprint density at radius 3 is 2.08 bits per heavy atom. The molecule has 10 heteroatoms. The van der Waals surface area contributed by atoms with Gasteiger partial charge in [0.15, 0.2) is 0 Å². The summed E-state index contributed by atoms with van der Waals surface area (Å²) in [7, 11) is -3.78. The van der Waals surface area contributed by atoms with Crippen LogP contribution in [0.5, 0.6) is 0 Å². The zero-order valence-electron chi connectivity index (χ0n) is 22.5. The Kier molecular flexibility index (Phi) is 8.70. The summed E-state index contributed by atoms with van der Waals surface area (Å²) in [6, 6.07) is 16.0. The maximum absolute atomic E-state index is 13.9. The van der Waals surface area contributed by atoms with Crippen LogP contribution in [0, 0.1) is 11.7 Å². The molecule has 1 aliphatic heterocycles. The molecule has 0 saturated carbocycles. The van der Waals surface area contributed by atoms with Crippen LogP contribution in [0.25, 0.3) is 11.1 Å². The zero-order valence-corrected chi connectivity index (χ0v) is 23.3. The van der Waals surface area contributed by atoms with Crippen molar-refractivity contribution in [3.63, 3.8) is 0 Å². The van der Waals surface area contributed by atoms with E-state index in [1.807, 2.05) is 10.8 Å². The average molecular weight is 577 g/mol. The molecule has 1 fully saturated rings. The number of carbonyl (C=O) groups is 1. The van der Waals surface area contributed by atoms with Gasteiger partial charge in [0.25, 0.3) is 0 Å². The number of halogens is 4. The summed E-state index contributed by atoms with van der Waals surface area (Å²) in [5.74, 6) is -1.39. The monoisotopic (exact) mass is 576 g/mol. The smallest absolute Gasteiger partial charge is 0.292 e. The van der Waals surface area contributed by atoms with Crippen molar-refractivity contribution in [2.75, 3.05) is 19.3 Å². The zero-order chi connectivity index (χ0) is 29.2. The maximum atomic E-state index is 13.9. The summed E-state index contributed by atoms with van der Waals surface area (Å²) in [6.07, 6.45) is -1.67. The van der Waals surface area contributed by atoms with Gasteiger partial charge in [0.1, 0.15) is 5.82 Å². The Balaban J connectivity index is 1.87. The first kappa shape index (κ1) is 29.7. The number of nitrogens with zero attached hydrogens (tertiary/aromatic N) is 1. The van der Waals surface area contributed by atoms with Gasteiger partial charge in [-0.05, 0) is 90.9 Å². The van der Waals surface area contributed by atoms with Gasteiger partial charge in [-0.15, -0.1) is 0 Å². The molecule has 0 aliphatic carbocycles. The van der Waals surface area contributed by atoms with Crippen molar-refractivity contribution in [2.24, 2.45) is 5.92 Å². The number of carbonyl (C=O) groups excluding carboxylic acids is 1. The van der Waals surface area contributed by atoms with E-state index in [2.05, 4.69) is 11.8 Å². The molecule has 2 atom stereocenters. The molecule has 2 unspecified atom stereocenters. The Labute approximate surface area is 232 Å². The Morgan fingerprint density at radius 2 is 1.52 bits per heavy atom. The topological polar surface area (TPSA) is 66.5 Å². The fourth-order valence-corrected chi connectivity index (χ4v) is 5.65. The van der Waals surface area contributed by atoms with Crippen LogP contribution < -0.4 is 4.72 Å². The van der Waals surface area contributed by atoms with Gasteiger partial charge in [-0.2, -0.15) is 13.2 Å². The summed E-state index contributed by atoms with van der Waals surface area (Å²) < 4.78 is 79.1. The van der Waals surface area contributed by atoms with Crippen LogP contribution in [0.1, 0.15) is 60.9 Å². The fourth-order valence-electron chi connectivity index (χ4n) is 5.11. The standard InChI is InChI=1S/C30H32F4N2O3S/c1-19-14-16-36(17-15-19)28(22-6-11-25(31)12-7-22)26-13-8-23(20(2)29(37)35-40(3,38)39)18-27(26)21-4-9-24(10-5-21)30(32,33)34/h4-13,18-20,28H,14-17H2,1-3H3,(H,35,37). The van der Waals surface area contributed by atoms with Gasteiger partial charge >= 0.3 is 6.18 Å². The number of alkyl halides is 3. The first-order valence-electron chi connectivity index (χ1n) is 13.1. The molecule has 1 N–H and O–H groups in total. The van der Waals surface area contributed by atoms with Gasteiger partial charge in [0, 0.05) is 0 Å². The van der Waals surface area contributed by atoms with Gasteiger partial charge in [0.2, 0.25) is 15.9 Å². The van der Waals surface area contributed by atoms with Crippen LogP contribution in [0.3, 0.4) is 0 Å². The van der Waals surface area contributed by atoms with E-state index >= 15 is 0 Å². The van der Waals surface area contributed by atoms with E-state index in [1.54, 1.807) is 31.2 Å². The Bertz CT molecular complexity index is 1450. The van der Waals surface area contributed by atoms with Crippen molar-refractivity contribution in [2.45, 2.75) is 44.8 Å². The molecule has 1 aliphatic rings. The molecule has 214 valence electrons. The first-order valence-corrected chi connectivity index (χ1v) is 14.9.